The van der Waals surface area contributed by atoms with Gasteiger partial charge in [0.1, 0.15) is 12.2 Å². The third-order valence-corrected chi connectivity index (χ3v) is 1.72. The molecule has 0 unspecified atom stereocenters. The number of rotatable bonds is 0. The Morgan fingerprint density at radius 1 is 1.50 bits per heavy atom. The molecule has 54 valence electrons. The molecule has 1 aliphatic heterocycles. The normalized spacial score (nSPS) is 26.0. The van der Waals surface area contributed by atoms with Crippen molar-refractivity contribution in [2.75, 3.05) is 0 Å². The summed E-state index contributed by atoms with van der Waals surface area (Å²) >= 11 is 0. The van der Waals surface area contributed by atoms with Gasteiger partial charge in [0, 0.05) is 15.7 Å². The third-order valence-electron chi connectivity index (χ3n) is 1.72. The summed E-state index contributed by atoms with van der Waals surface area (Å²) < 4.78 is 17.2. The molecule has 3 heteroatoms. The Bertz CT molecular complexity index is 282. The van der Waals surface area contributed by atoms with Gasteiger partial charge < -0.3 is 4.57 Å². The van der Waals surface area contributed by atoms with Gasteiger partial charge in [0.25, 0.3) is 0 Å². The number of nitrogens with zero attached hydrogens (tertiary/aromatic N) is 3. The molecule has 0 amide bonds. The highest BCUT2D eigenvalue weighted by Gasteiger charge is 2.06. The zero-order chi connectivity index (χ0) is 8.60. The van der Waals surface area contributed by atoms with Crippen molar-refractivity contribution < 1.29 is 2.74 Å². The first kappa shape index (κ1) is 4.11. The largest absolute Gasteiger partial charge is 0.318 e. The Morgan fingerprint density at radius 2 is 2.50 bits per heavy atom. The van der Waals surface area contributed by atoms with Crippen LogP contribution in [0.5, 0.6) is 0 Å². The topological polar surface area (TPSA) is 30.7 Å². The average molecular weight is 139 g/mol. The summed E-state index contributed by atoms with van der Waals surface area (Å²) in [6, 6.07) is 0. The zero-order valence-corrected chi connectivity index (χ0v) is 5.75. The highest BCUT2D eigenvalue weighted by Crippen LogP contribution is 2.10. The summed E-state index contributed by atoms with van der Waals surface area (Å²) in [5.74, 6) is 0.486. The van der Waals surface area contributed by atoms with E-state index in [4.69, 9.17) is 2.74 Å². The molecule has 1 aliphatic rings. The standard InChI is InChI=1S/C7H11N3/c1-2-4-7-9-8-6-10(7)5-3-1/h6H,1-5H2/i4D2. The molecule has 0 N–H and O–H groups in total. The van der Waals surface area contributed by atoms with Crippen LogP contribution in [0.15, 0.2) is 6.33 Å². The van der Waals surface area contributed by atoms with Crippen molar-refractivity contribution in [3.8, 4) is 0 Å². The van der Waals surface area contributed by atoms with Gasteiger partial charge in [-0.05, 0) is 12.8 Å². The van der Waals surface area contributed by atoms with E-state index in [1.165, 1.54) is 0 Å². The van der Waals surface area contributed by atoms with E-state index in [0.717, 1.165) is 19.4 Å². The minimum atomic E-state index is -1.28. The lowest BCUT2D eigenvalue weighted by Gasteiger charge is -1.97. The van der Waals surface area contributed by atoms with E-state index < -0.39 is 6.37 Å². The minimum absolute atomic E-state index is 0.486. The fourth-order valence-electron chi connectivity index (χ4n) is 1.16. The number of aromatic nitrogens is 3. The van der Waals surface area contributed by atoms with Gasteiger partial charge in [0.15, 0.2) is 0 Å². The molecular formula is C7H11N3. The van der Waals surface area contributed by atoms with E-state index in [9.17, 15) is 0 Å². The lowest BCUT2D eigenvalue weighted by Crippen LogP contribution is -1.98. The Balaban J connectivity index is 2.43. The van der Waals surface area contributed by atoms with Crippen LogP contribution in [0.25, 0.3) is 0 Å². The predicted molar refractivity (Wildman–Crippen MR) is 37.6 cm³/mol. The molecule has 1 aromatic heterocycles. The van der Waals surface area contributed by atoms with Crippen LogP contribution in [-0.4, -0.2) is 14.8 Å². The molecule has 0 bridgehead atoms. The molecule has 3 nitrogen and oxygen atoms in total. The maximum absolute atomic E-state index is 7.71. The van der Waals surface area contributed by atoms with Crippen molar-refractivity contribution in [2.45, 2.75) is 32.2 Å². The van der Waals surface area contributed by atoms with Crippen molar-refractivity contribution in [3.63, 3.8) is 0 Å². The molecule has 10 heavy (non-hydrogen) atoms. The molecule has 0 atom stereocenters. The lowest BCUT2D eigenvalue weighted by atomic mass is 10.2. The van der Waals surface area contributed by atoms with E-state index in [0.29, 0.717) is 12.2 Å². The zero-order valence-electron chi connectivity index (χ0n) is 7.75. The number of hydrogen-bond acceptors (Lipinski definition) is 2. The van der Waals surface area contributed by atoms with Gasteiger partial charge in [0.2, 0.25) is 0 Å². The third kappa shape index (κ3) is 0.916. The summed E-state index contributed by atoms with van der Waals surface area (Å²) in [7, 11) is 0. The molecule has 1 aromatic rings. The van der Waals surface area contributed by atoms with Crippen LogP contribution < -0.4 is 0 Å². The molecule has 0 saturated heterocycles. The molecule has 0 radical (unpaired) electrons. The van der Waals surface area contributed by atoms with Crippen LogP contribution in [0.4, 0.5) is 0 Å². The van der Waals surface area contributed by atoms with Crippen molar-refractivity contribution >= 4 is 0 Å². The summed E-state index contributed by atoms with van der Waals surface area (Å²) in [6.45, 7) is 0.849. The second kappa shape index (κ2) is 2.40. The minimum Gasteiger partial charge on any atom is -0.318 e. The van der Waals surface area contributed by atoms with Gasteiger partial charge in [-0.25, -0.2) is 0 Å². The van der Waals surface area contributed by atoms with Gasteiger partial charge in [-0.15, -0.1) is 10.2 Å². The van der Waals surface area contributed by atoms with E-state index in [1.807, 2.05) is 4.57 Å². The fraction of sp³-hybridized carbons (Fsp3) is 0.714. The summed E-state index contributed by atoms with van der Waals surface area (Å²) in [5, 5.41) is 7.52. The maximum atomic E-state index is 7.71. The molecular weight excluding hydrogens is 126 g/mol. The molecule has 2 heterocycles. The molecule has 0 saturated carbocycles. The van der Waals surface area contributed by atoms with Gasteiger partial charge >= 0.3 is 0 Å². The Morgan fingerprint density at radius 3 is 3.50 bits per heavy atom. The first-order valence-corrected chi connectivity index (χ1v) is 3.58. The number of fused-ring (bicyclic) bond motifs is 1. The number of aryl methyl sites for hydroxylation is 2. The van der Waals surface area contributed by atoms with E-state index >= 15 is 0 Å². The van der Waals surface area contributed by atoms with Gasteiger partial charge in [0.05, 0.1) is 0 Å². The highest BCUT2D eigenvalue weighted by molar-refractivity contribution is 4.87. The molecule has 0 aromatic carbocycles. The van der Waals surface area contributed by atoms with Crippen molar-refractivity contribution in [3.05, 3.63) is 12.2 Å². The van der Waals surface area contributed by atoms with Crippen LogP contribution in [0, 0.1) is 0 Å². The second-order valence-corrected chi connectivity index (χ2v) is 2.48. The van der Waals surface area contributed by atoms with Gasteiger partial charge in [-0.2, -0.15) is 0 Å². The fourth-order valence-corrected chi connectivity index (χ4v) is 1.16. The first-order valence-electron chi connectivity index (χ1n) is 4.58. The first-order chi connectivity index (χ1) is 5.70. The van der Waals surface area contributed by atoms with Crippen LogP contribution in [-0.2, 0) is 12.9 Å². The summed E-state index contributed by atoms with van der Waals surface area (Å²) in [6.07, 6.45) is 2.83. The summed E-state index contributed by atoms with van der Waals surface area (Å²) in [4.78, 5) is 0. The van der Waals surface area contributed by atoms with Crippen LogP contribution >= 0.6 is 0 Å². The molecule has 0 aliphatic carbocycles. The maximum Gasteiger partial charge on any atom is 0.132 e. The quantitative estimate of drug-likeness (QED) is 0.537. The van der Waals surface area contributed by atoms with Gasteiger partial charge in [-0.3, -0.25) is 0 Å². The van der Waals surface area contributed by atoms with E-state index in [-0.39, 0.29) is 0 Å². The van der Waals surface area contributed by atoms with E-state index in [1.54, 1.807) is 6.33 Å². The van der Waals surface area contributed by atoms with Crippen LogP contribution in [0.1, 0.15) is 27.8 Å². The monoisotopic (exact) mass is 139 g/mol. The van der Waals surface area contributed by atoms with Crippen LogP contribution in [0.2, 0.25) is 0 Å². The van der Waals surface area contributed by atoms with Crippen LogP contribution in [0.3, 0.4) is 0 Å². The number of hydrogen-bond donors (Lipinski definition) is 0. The van der Waals surface area contributed by atoms with Gasteiger partial charge in [-0.1, -0.05) is 6.42 Å². The molecule has 0 spiro atoms. The second-order valence-electron chi connectivity index (χ2n) is 2.48. The van der Waals surface area contributed by atoms with E-state index in [2.05, 4.69) is 10.2 Å². The molecule has 2 rings (SSSR count). The lowest BCUT2D eigenvalue weighted by molar-refractivity contribution is 0.632. The van der Waals surface area contributed by atoms with Crippen molar-refractivity contribution in [2.24, 2.45) is 0 Å². The van der Waals surface area contributed by atoms with Crippen molar-refractivity contribution in [1.29, 1.82) is 0 Å². The highest BCUT2D eigenvalue weighted by atomic mass is 15.3. The Hall–Kier alpha value is -0.860. The Labute approximate surface area is 62.9 Å². The predicted octanol–water partition coefficient (Wildman–Crippen LogP) is 1.00. The van der Waals surface area contributed by atoms with Crippen molar-refractivity contribution in [1.82, 2.24) is 14.8 Å². The average Bonchev–Trinajstić information content (AvgIpc) is 2.42. The summed E-state index contributed by atoms with van der Waals surface area (Å²) in [5.41, 5.74) is 0. The molecule has 0 fully saturated rings. The Kier molecular flexibility index (Phi) is 0.988. The smallest absolute Gasteiger partial charge is 0.132 e. The SMILES string of the molecule is [2H]C1([2H])CCCCn2cnnc21.